The molecule has 0 bridgehead atoms. The molecule has 0 saturated carbocycles. The van der Waals surface area contributed by atoms with Crippen molar-refractivity contribution in [1.82, 2.24) is 9.55 Å². The van der Waals surface area contributed by atoms with E-state index in [-0.39, 0.29) is 0 Å². The number of anilines is 3. The smallest absolute Gasteiger partial charge is 0.227 e. The highest BCUT2D eigenvalue weighted by atomic mass is 32.1. The molecule has 0 aliphatic carbocycles. The molecule has 4 nitrogen and oxygen atoms in total. The van der Waals surface area contributed by atoms with Crippen LogP contribution in [0.15, 0.2) is 205 Å². The van der Waals surface area contributed by atoms with Crippen molar-refractivity contribution in [2.75, 3.05) is 4.90 Å². The number of thiophene rings is 1. The number of hydrogen-bond acceptors (Lipinski definition) is 4. The van der Waals surface area contributed by atoms with Crippen LogP contribution >= 0.6 is 11.3 Å². The van der Waals surface area contributed by atoms with Crippen LogP contribution < -0.4 is 4.90 Å². The summed E-state index contributed by atoms with van der Waals surface area (Å²) in [5.41, 5.74) is 11.3. The summed E-state index contributed by atoms with van der Waals surface area (Å²) in [5, 5.41) is 7.30. The molecule has 9 aromatic carbocycles. The summed E-state index contributed by atoms with van der Waals surface area (Å²) in [6.45, 7) is 0. The summed E-state index contributed by atoms with van der Waals surface area (Å²) in [7, 11) is 0. The lowest BCUT2D eigenvalue weighted by Crippen LogP contribution is -2.12. The van der Waals surface area contributed by atoms with Gasteiger partial charge < -0.3 is 13.9 Å². The highest BCUT2D eigenvalue weighted by molar-refractivity contribution is 7.25. The standard InChI is InChI=1S/C53H33N3OS/c1-3-16-34(17-4-1)53-54-44-26-15-25-42(52(44)57-53)39-22-9-12-27-45(39)55(37-30-31-41-40-23-11-14-29-48(40)58-49(41)33-37)47-32-35-18-7-8-21-38(35)51-50(47)43-24-10-13-28-46(43)56(51)36-19-5-2-6-20-36/h1-33H. The molecule has 0 spiro atoms. The largest absolute Gasteiger partial charge is 0.435 e. The number of para-hydroxylation sites is 4. The van der Waals surface area contributed by atoms with Gasteiger partial charge in [-0.15, -0.1) is 11.3 Å². The van der Waals surface area contributed by atoms with Crippen LogP contribution in [0.2, 0.25) is 0 Å². The van der Waals surface area contributed by atoms with Crippen LogP contribution in [0.1, 0.15) is 0 Å². The van der Waals surface area contributed by atoms with Crippen LogP contribution in [0, 0.1) is 0 Å². The third kappa shape index (κ3) is 5.04. The summed E-state index contributed by atoms with van der Waals surface area (Å²) < 4.78 is 11.7. The van der Waals surface area contributed by atoms with Gasteiger partial charge in [-0.3, -0.25) is 0 Å². The quantitative estimate of drug-likeness (QED) is 0.169. The first-order chi connectivity index (χ1) is 28.8. The lowest BCUT2D eigenvalue weighted by Gasteiger charge is -2.29. The first kappa shape index (κ1) is 32.7. The van der Waals surface area contributed by atoms with Crippen LogP contribution in [0.4, 0.5) is 17.1 Å². The molecule has 0 unspecified atom stereocenters. The first-order valence-corrected chi connectivity index (χ1v) is 20.4. The second-order valence-corrected chi connectivity index (χ2v) is 15.8. The zero-order valence-electron chi connectivity index (χ0n) is 31.2. The van der Waals surface area contributed by atoms with E-state index < -0.39 is 0 Å². The number of benzene rings is 9. The van der Waals surface area contributed by atoms with Crippen molar-refractivity contribution < 1.29 is 4.42 Å². The molecule has 0 atom stereocenters. The van der Waals surface area contributed by atoms with Crippen molar-refractivity contribution in [2.24, 2.45) is 0 Å². The molecule has 0 amide bonds. The Morgan fingerprint density at radius 1 is 0.500 bits per heavy atom. The zero-order valence-corrected chi connectivity index (χ0v) is 32.0. The van der Waals surface area contributed by atoms with E-state index >= 15 is 0 Å². The van der Waals surface area contributed by atoms with Crippen LogP contribution in [0.3, 0.4) is 0 Å². The Kier molecular flexibility index (Phi) is 7.37. The van der Waals surface area contributed by atoms with Crippen LogP contribution in [-0.2, 0) is 0 Å². The minimum atomic E-state index is 0.609. The van der Waals surface area contributed by atoms with Gasteiger partial charge in [-0.05, 0) is 72.1 Å². The summed E-state index contributed by atoms with van der Waals surface area (Å²) in [6.07, 6.45) is 0. The third-order valence-corrected chi connectivity index (χ3v) is 12.5. The molecule has 3 heterocycles. The maximum Gasteiger partial charge on any atom is 0.227 e. The topological polar surface area (TPSA) is 34.2 Å². The molecule has 5 heteroatoms. The van der Waals surface area contributed by atoms with Gasteiger partial charge in [0.25, 0.3) is 0 Å². The number of rotatable bonds is 6. The van der Waals surface area contributed by atoms with Crippen molar-refractivity contribution in [3.63, 3.8) is 0 Å². The molecular formula is C53H33N3OS. The van der Waals surface area contributed by atoms with Crippen molar-refractivity contribution >= 4 is 92.2 Å². The Balaban J connectivity index is 1.20. The lowest BCUT2D eigenvalue weighted by atomic mass is 9.98. The van der Waals surface area contributed by atoms with Gasteiger partial charge in [0.05, 0.1) is 22.4 Å². The minimum Gasteiger partial charge on any atom is -0.435 e. The molecule has 58 heavy (non-hydrogen) atoms. The first-order valence-electron chi connectivity index (χ1n) is 19.5. The van der Waals surface area contributed by atoms with Gasteiger partial charge >= 0.3 is 0 Å². The summed E-state index contributed by atoms with van der Waals surface area (Å²) in [5.74, 6) is 0.609. The Morgan fingerprint density at radius 2 is 1.19 bits per heavy atom. The van der Waals surface area contributed by atoms with E-state index in [4.69, 9.17) is 9.40 Å². The van der Waals surface area contributed by atoms with E-state index in [1.807, 2.05) is 47.7 Å². The second kappa shape index (κ2) is 13.1. The molecule has 272 valence electrons. The van der Waals surface area contributed by atoms with Gasteiger partial charge in [-0.1, -0.05) is 133 Å². The van der Waals surface area contributed by atoms with Gasteiger partial charge in [0.15, 0.2) is 5.58 Å². The SMILES string of the molecule is c1ccc(-c2nc3cccc(-c4ccccc4N(c4ccc5c(c4)sc4ccccc45)c4cc5ccccc5c5c4c4ccccc4n5-c4ccccc4)c3o2)cc1. The Bertz CT molecular complexity index is 3530. The summed E-state index contributed by atoms with van der Waals surface area (Å²) >= 11 is 1.84. The number of fused-ring (bicyclic) bond motifs is 9. The average molecular weight is 760 g/mol. The molecule has 12 aromatic rings. The molecule has 12 rings (SSSR count). The van der Waals surface area contributed by atoms with Crippen LogP contribution in [-0.4, -0.2) is 9.55 Å². The highest BCUT2D eigenvalue weighted by Gasteiger charge is 2.26. The molecule has 3 aromatic heterocycles. The van der Waals surface area contributed by atoms with Gasteiger partial charge in [0.1, 0.15) is 5.52 Å². The van der Waals surface area contributed by atoms with Crippen molar-refractivity contribution in [3.05, 3.63) is 200 Å². The van der Waals surface area contributed by atoms with Gasteiger partial charge in [-0.2, -0.15) is 0 Å². The fourth-order valence-corrected chi connectivity index (χ4v) is 10.00. The molecule has 0 aliphatic rings. The van der Waals surface area contributed by atoms with Gasteiger partial charge in [0.2, 0.25) is 5.89 Å². The molecular weight excluding hydrogens is 727 g/mol. The van der Waals surface area contributed by atoms with Gasteiger partial charge in [-0.25, -0.2) is 4.98 Å². The highest BCUT2D eigenvalue weighted by Crippen LogP contribution is 2.50. The van der Waals surface area contributed by atoms with E-state index in [0.29, 0.717) is 5.89 Å². The molecule has 0 N–H and O–H groups in total. The number of oxazole rings is 1. The summed E-state index contributed by atoms with van der Waals surface area (Å²) in [6, 6.07) is 71.6. The third-order valence-electron chi connectivity index (χ3n) is 11.4. The normalized spacial score (nSPS) is 11.8. The summed E-state index contributed by atoms with van der Waals surface area (Å²) in [4.78, 5) is 7.45. The zero-order chi connectivity index (χ0) is 38.2. The maximum absolute atomic E-state index is 6.68. The number of hydrogen-bond donors (Lipinski definition) is 0. The Labute approximate surface area is 338 Å². The molecule has 0 saturated heterocycles. The van der Waals surface area contributed by atoms with Crippen LogP contribution in [0.25, 0.3) is 92.1 Å². The van der Waals surface area contributed by atoms with E-state index in [1.54, 1.807) is 0 Å². The average Bonchev–Trinajstić information content (AvgIpc) is 4.00. The van der Waals surface area contributed by atoms with E-state index in [2.05, 4.69) is 173 Å². The molecule has 0 aliphatic heterocycles. The maximum atomic E-state index is 6.68. The number of nitrogens with zero attached hydrogens (tertiary/aromatic N) is 3. The predicted molar refractivity (Wildman–Crippen MR) is 244 cm³/mol. The monoisotopic (exact) mass is 759 g/mol. The van der Waals surface area contributed by atoms with Gasteiger partial charge in [0, 0.05) is 64.4 Å². The van der Waals surface area contributed by atoms with Crippen LogP contribution in [0.5, 0.6) is 0 Å². The van der Waals surface area contributed by atoms with Crippen molar-refractivity contribution in [3.8, 4) is 28.3 Å². The van der Waals surface area contributed by atoms with E-state index in [0.717, 1.165) is 56.1 Å². The Hall–Kier alpha value is -7.47. The second-order valence-electron chi connectivity index (χ2n) is 14.7. The molecule has 0 radical (unpaired) electrons. The number of aromatic nitrogens is 2. The molecule has 0 fully saturated rings. The van der Waals surface area contributed by atoms with E-state index in [9.17, 15) is 0 Å². The Morgan fingerprint density at radius 3 is 2.07 bits per heavy atom. The fraction of sp³-hybridized carbons (Fsp3) is 0. The van der Waals surface area contributed by atoms with Crippen molar-refractivity contribution in [1.29, 1.82) is 0 Å². The fourth-order valence-electron chi connectivity index (χ4n) is 8.86. The minimum absolute atomic E-state index is 0.609. The van der Waals surface area contributed by atoms with E-state index in [1.165, 1.54) is 47.2 Å². The predicted octanol–water partition coefficient (Wildman–Crippen LogP) is 15.2. The lowest BCUT2D eigenvalue weighted by molar-refractivity contribution is 0.621. The van der Waals surface area contributed by atoms with Crippen molar-refractivity contribution in [2.45, 2.75) is 0 Å².